The molecule has 1 amide bonds. The second-order valence-electron chi connectivity index (χ2n) is 8.74. The number of amides is 1. The topological polar surface area (TPSA) is 113 Å². The van der Waals surface area contributed by atoms with Crippen LogP contribution in [-0.4, -0.2) is 53.9 Å². The van der Waals surface area contributed by atoms with Crippen LogP contribution in [0.3, 0.4) is 0 Å². The minimum Gasteiger partial charge on any atom is -0.351 e. The van der Waals surface area contributed by atoms with E-state index < -0.39 is 13.0 Å². The van der Waals surface area contributed by atoms with Crippen LogP contribution in [0.15, 0.2) is 30.6 Å². The van der Waals surface area contributed by atoms with Gasteiger partial charge in [-0.1, -0.05) is 18.2 Å². The highest BCUT2D eigenvalue weighted by Crippen LogP contribution is 2.34. The first kappa shape index (κ1) is 21.2. The first-order valence-corrected chi connectivity index (χ1v) is 10.9. The maximum absolute atomic E-state index is 12.8. The Labute approximate surface area is 188 Å². The normalized spacial score (nSPS) is 20.3. The summed E-state index contributed by atoms with van der Waals surface area (Å²) in [5.74, 6) is 0.568. The first-order chi connectivity index (χ1) is 15.8. The van der Waals surface area contributed by atoms with E-state index in [0.29, 0.717) is 29.0 Å². The number of carbonyl (C=O) groups excluding carboxylic acids is 1. The van der Waals surface area contributed by atoms with Crippen LogP contribution in [0.2, 0.25) is 0 Å². The number of alkyl halides is 2. The van der Waals surface area contributed by atoms with Crippen molar-refractivity contribution in [2.75, 3.05) is 5.32 Å². The second-order valence-corrected chi connectivity index (χ2v) is 8.74. The summed E-state index contributed by atoms with van der Waals surface area (Å²) in [6.45, 7) is 3.38. The van der Waals surface area contributed by atoms with Gasteiger partial charge in [0, 0.05) is 41.3 Å². The molecular weight excluding hydrogens is 430 g/mol. The number of carbonyl (C=O) groups is 1. The molecule has 11 heteroatoms. The molecule has 0 radical (unpaired) electrons. The summed E-state index contributed by atoms with van der Waals surface area (Å²) in [6.07, 6.45) is 3.13. The predicted octanol–water partition coefficient (Wildman–Crippen LogP) is 3.49. The van der Waals surface area contributed by atoms with Crippen molar-refractivity contribution < 1.29 is 13.6 Å². The van der Waals surface area contributed by atoms with Gasteiger partial charge >= 0.3 is 0 Å². The molecule has 0 spiro atoms. The number of anilines is 1. The van der Waals surface area contributed by atoms with Crippen molar-refractivity contribution in [2.45, 2.75) is 57.7 Å². The monoisotopic (exact) mass is 454 g/mol. The van der Waals surface area contributed by atoms with E-state index in [-0.39, 0.29) is 17.5 Å². The number of aromatic nitrogens is 6. The maximum Gasteiger partial charge on any atom is 0.258 e. The molecule has 33 heavy (non-hydrogen) atoms. The van der Waals surface area contributed by atoms with E-state index >= 15 is 0 Å². The molecule has 1 aromatic carbocycles. The Bertz CT molecular complexity index is 1320. The number of hydrogen-bond acceptors (Lipinski definition) is 6. The SMILES string of the molecule is CCC(=O)NC1(C)CC(Nc2ncc3c(-c4ccc5nnn(CC(F)F)c5c4)c[nH]c3n2)C1. The molecule has 4 aromatic rings. The van der Waals surface area contributed by atoms with Gasteiger partial charge in [0.25, 0.3) is 6.43 Å². The third-order valence-electron chi connectivity index (χ3n) is 6.06. The van der Waals surface area contributed by atoms with Crippen LogP contribution in [0.25, 0.3) is 33.2 Å². The van der Waals surface area contributed by atoms with Gasteiger partial charge in [-0.05, 0) is 37.5 Å². The summed E-state index contributed by atoms with van der Waals surface area (Å²) in [6, 6.07) is 5.62. The molecule has 0 aliphatic heterocycles. The van der Waals surface area contributed by atoms with Crippen molar-refractivity contribution >= 4 is 33.9 Å². The molecule has 3 aromatic heterocycles. The third-order valence-corrected chi connectivity index (χ3v) is 6.06. The smallest absolute Gasteiger partial charge is 0.258 e. The summed E-state index contributed by atoms with van der Waals surface area (Å²) in [4.78, 5) is 23.9. The molecule has 172 valence electrons. The number of nitrogens with zero attached hydrogens (tertiary/aromatic N) is 5. The van der Waals surface area contributed by atoms with E-state index in [4.69, 9.17) is 0 Å². The number of rotatable bonds is 7. The van der Waals surface area contributed by atoms with Crippen LogP contribution in [0.4, 0.5) is 14.7 Å². The molecule has 1 fully saturated rings. The fourth-order valence-corrected chi connectivity index (χ4v) is 4.45. The van der Waals surface area contributed by atoms with Crippen molar-refractivity contribution in [3.63, 3.8) is 0 Å². The second kappa shape index (κ2) is 8.05. The summed E-state index contributed by atoms with van der Waals surface area (Å²) < 4.78 is 26.9. The van der Waals surface area contributed by atoms with Gasteiger partial charge in [-0.2, -0.15) is 4.98 Å². The predicted molar refractivity (Wildman–Crippen MR) is 120 cm³/mol. The van der Waals surface area contributed by atoms with Crippen molar-refractivity contribution in [1.29, 1.82) is 0 Å². The van der Waals surface area contributed by atoms with Gasteiger partial charge in [0.1, 0.15) is 17.7 Å². The van der Waals surface area contributed by atoms with Crippen LogP contribution in [0, 0.1) is 0 Å². The molecular formula is C22H24F2N8O. The summed E-state index contributed by atoms with van der Waals surface area (Å²) in [7, 11) is 0. The molecule has 9 nitrogen and oxygen atoms in total. The highest BCUT2D eigenvalue weighted by atomic mass is 19.3. The molecule has 0 atom stereocenters. The van der Waals surface area contributed by atoms with E-state index in [9.17, 15) is 13.6 Å². The third kappa shape index (κ3) is 4.10. The lowest BCUT2D eigenvalue weighted by Crippen LogP contribution is -2.59. The number of halogens is 2. The van der Waals surface area contributed by atoms with E-state index in [1.165, 1.54) is 4.68 Å². The molecule has 5 rings (SSSR count). The highest BCUT2D eigenvalue weighted by Gasteiger charge is 2.41. The van der Waals surface area contributed by atoms with Gasteiger partial charge in [0.05, 0.1) is 5.52 Å². The zero-order chi connectivity index (χ0) is 23.2. The average Bonchev–Trinajstić information content (AvgIpc) is 3.35. The Balaban J connectivity index is 1.34. The Kier molecular flexibility index (Phi) is 5.18. The summed E-state index contributed by atoms with van der Waals surface area (Å²) >= 11 is 0. The fraction of sp³-hybridized carbons (Fsp3) is 0.409. The molecule has 3 N–H and O–H groups in total. The van der Waals surface area contributed by atoms with E-state index in [2.05, 4.69) is 35.9 Å². The number of benzene rings is 1. The van der Waals surface area contributed by atoms with Gasteiger partial charge in [0.15, 0.2) is 0 Å². The first-order valence-electron chi connectivity index (χ1n) is 10.9. The van der Waals surface area contributed by atoms with Crippen LogP contribution >= 0.6 is 0 Å². The minimum atomic E-state index is -2.51. The molecule has 1 aliphatic carbocycles. The number of nitrogens with one attached hydrogen (secondary N) is 3. The molecule has 0 saturated heterocycles. The van der Waals surface area contributed by atoms with Gasteiger partial charge in [0.2, 0.25) is 11.9 Å². The fourth-order valence-electron chi connectivity index (χ4n) is 4.45. The molecule has 0 bridgehead atoms. The standard InChI is InChI=1S/C22H24F2N8O/c1-3-19(33)29-22(2)7-13(8-22)27-21-26-10-15-14(9-25-20(15)28-21)12-4-5-16-17(6-12)32(31-30-16)11-18(23)24/h4-6,9-10,13,18H,3,7-8,11H2,1-2H3,(H,29,33)(H2,25,26,27,28). The zero-order valence-electron chi connectivity index (χ0n) is 18.3. The van der Waals surface area contributed by atoms with Crippen LogP contribution < -0.4 is 10.6 Å². The quantitative estimate of drug-likeness (QED) is 0.394. The molecule has 0 unspecified atom stereocenters. The highest BCUT2D eigenvalue weighted by molar-refractivity contribution is 5.95. The Morgan fingerprint density at radius 3 is 2.94 bits per heavy atom. The number of H-pyrrole nitrogens is 1. The van der Waals surface area contributed by atoms with E-state index in [1.807, 2.05) is 26.1 Å². The molecule has 1 aliphatic rings. The van der Waals surface area contributed by atoms with Gasteiger partial charge in [-0.3, -0.25) is 4.79 Å². The lowest BCUT2D eigenvalue weighted by atomic mass is 9.74. The molecule has 1 saturated carbocycles. The lowest BCUT2D eigenvalue weighted by Gasteiger charge is -2.45. The van der Waals surface area contributed by atoms with Crippen molar-refractivity contribution in [1.82, 2.24) is 35.3 Å². The van der Waals surface area contributed by atoms with Crippen molar-refractivity contribution in [2.24, 2.45) is 0 Å². The molecule has 3 heterocycles. The average molecular weight is 454 g/mol. The lowest BCUT2D eigenvalue weighted by molar-refractivity contribution is -0.123. The van der Waals surface area contributed by atoms with Crippen molar-refractivity contribution in [3.8, 4) is 11.1 Å². The number of hydrogen-bond donors (Lipinski definition) is 3. The summed E-state index contributed by atoms with van der Waals surface area (Å²) in [5, 5.41) is 15.0. The van der Waals surface area contributed by atoms with Crippen molar-refractivity contribution in [3.05, 3.63) is 30.6 Å². The van der Waals surface area contributed by atoms with Crippen LogP contribution in [-0.2, 0) is 11.3 Å². The zero-order valence-corrected chi connectivity index (χ0v) is 18.3. The van der Waals surface area contributed by atoms with Crippen LogP contribution in [0.5, 0.6) is 0 Å². The Morgan fingerprint density at radius 2 is 2.18 bits per heavy atom. The Morgan fingerprint density at radius 1 is 1.36 bits per heavy atom. The minimum absolute atomic E-state index is 0.0544. The van der Waals surface area contributed by atoms with Gasteiger partial charge in [-0.25, -0.2) is 18.4 Å². The largest absolute Gasteiger partial charge is 0.351 e. The van der Waals surface area contributed by atoms with Gasteiger partial charge in [-0.15, -0.1) is 5.10 Å². The van der Waals surface area contributed by atoms with E-state index in [0.717, 1.165) is 29.4 Å². The van der Waals surface area contributed by atoms with E-state index in [1.54, 1.807) is 18.3 Å². The van der Waals surface area contributed by atoms with Crippen LogP contribution in [0.1, 0.15) is 33.1 Å². The Hall–Kier alpha value is -3.63. The number of fused-ring (bicyclic) bond motifs is 2. The maximum atomic E-state index is 12.8. The van der Waals surface area contributed by atoms with Gasteiger partial charge < -0.3 is 15.6 Å². The number of aromatic amines is 1. The summed E-state index contributed by atoms with van der Waals surface area (Å²) in [5.41, 5.74) is 3.27.